The summed E-state index contributed by atoms with van der Waals surface area (Å²) in [5.41, 5.74) is 3.02. The molecule has 1 atom stereocenters. The Balaban J connectivity index is 0.000000505. The van der Waals surface area contributed by atoms with Crippen molar-refractivity contribution >= 4 is 11.9 Å². The van der Waals surface area contributed by atoms with E-state index in [4.69, 9.17) is 14.6 Å². The molecule has 0 unspecified atom stereocenters. The molecule has 3 aromatic carbocycles. The zero-order valence-corrected chi connectivity index (χ0v) is 19.9. The van der Waals surface area contributed by atoms with E-state index in [0.29, 0.717) is 36.4 Å². The average Bonchev–Trinajstić information content (AvgIpc) is 3.32. The number of ether oxygens (including phenoxy) is 1. The van der Waals surface area contributed by atoms with Crippen molar-refractivity contribution in [2.24, 2.45) is 0 Å². The maximum Gasteiger partial charge on any atom is 0.490 e. The summed E-state index contributed by atoms with van der Waals surface area (Å²) in [5, 5.41) is 16.5. The van der Waals surface area contributed by atoms with Crippen LogP contribution in [0.15, 0.2) is 66.7 Å². The summed E-state index contributed by atoms with van der Waals surface area (Å²) < 4.78 is 64.6. The predicted octanol–water partition coefficient (Wildman–Crippen LogP) is 5.89. The highest BCUT2D eigenvalue weighted by Crippen LogP contribution is 2.26. The fraction of sp³-hybridized carbons (Fsp3) is 0.259. The fourth-order valence-electron chi connectivity index (χ4n) is 3.97. The first-order valence-corrected chi connectivity index (χ1v) is 11.5. The zero-order chi connectivity index (χ0) is 27.9. The SMILES string of the molecule is O=C(O)C(F)(F)F.O=C(O)[C@@H]1CCCN1Cc1cccc(COc2ccc(-c3ccc(F)cc3F)cc2)c1. The van der Waals surface area contributed by atoms with Gasteiger partial charge in [0.1, 0.15) is 30.0 Å². The molecular weight excluding hydrogens is 513 g/mol. The molecule has 0 bridgehead atoms. The average molecular weight is 537 g/mol. The van der Waals surface area contributed by atoms with E-state index in [-0.39, 0.29) is 0 Å². The Morgan fingerprint density at radius 3 is 2.21 bits per heavy atom. The maximum atomic E-state index is 14.0. The summed E-state index contributed by atoms with van der Waals surface area (Å²) in [7, 11) is 0. The highest BCUT2D eigenvalue weighted by molar-refractivity contribution is 5.74. The quantitative estimate of drug-likeness (QED) is 0.366. The lowest BCUT2D eigenvalue weighted by Gasteiger charge is -2.21. The highest BCUT2D eigenvalue weighted by Gasteiger charge is 2.38. The molecular formula is C27H24F5NO5. The van der Waals surface area contributed by atoms with E-state index >= 15 is 0 Å². The number of carboxylic acids is 2. The number of alkyl halides is 3. The Kier molecular flexibility index (Phi) is 9.40. The number of aliphatic carboxylic acids is 2. The second kappa shape index (κ2) is 12.5. The molecule has 202 valence electrons. The molecule has 0 amide bonds. The molecule has 1 heterocycles. The van der Waals surface area contributed by atoms with Crippen LogP contribution in [0, 0.1) is 11.6 Å². The Bertz CT molecular complexity index is 1260. The van der Waals surface area contributed by atoms with E-state index in [1.807, 2.05) is 29.2 Å². The minimum absolute atomic E-state index is 0.335. The first kappa shape index (κ1) is 28.6. The van der Waals surface area contributed by atoms with Gasteiger partial charge >= 0.3 is 18.1 Å². The van der Waals surface area contributed by atoms with Crippen LogP contribution in [0.25, 0.3) is 11.1 Å². The number of carboxylic acid groups (broad SMARTS) is 2. The number of benzene rings is 3. The monoisotopic (exact) mass is 537 g/mol. The number of carbonyl (C=O) groups is 2. The molecule has 38 heavy (non-hydrogen) atoms. The summed E-state index contributed by atoms with van der Waals surface area (Å²) >= 11 is 0. The van der Waals surface area contributed by atoms with Gasteiger partial charge in [0.25, 0.3) is 0 Å². The van der Waals surface area contributed by atoms with Crippen molar-refractivity contribution in [2.45, 2.75) is 38.2 Å². The van der Waals surface area contributed by atoms with Gasteiger partial charge in [-0.2, -0.15) is 13.2 Å². The topological polar surface area (TPSA) is 87.1 Å². The van der Waals surface area contributed by atoms with Gasteiger partial charge < -0.3 is 14.9 Å². The second-order valence-corrected chi connectivity index (χ2v) is 8.53. The number of halogens is 5. The van der Waals surface area contributed by atoms with Crippen LogP contribution in [0.1, 0.15) is 24.0 Å². The van der Waals surface area contributed by atoms with Gasteiger partial charge in [0.05, 0.1) is 0 Å². The van der Waals surface area contributed by atoms with Crippen LogP contribution in [-0.2, 0) is 22.7 Å². The molecule has 6 nitrogen and oxygen atoms in total. The zero-order valence-electron chi connectivity index (χ0n) is 19.9. The second-order valence-electron chi connectivity index (χ2n) is 8.53. The Hall–Kier alpha value is -3.99. The number of likely N-dealkylation sites (tertiary alicyclic amines) is 1. The van der Waals surface area contributed by atoms with Gasteiger partial charge in [0, 0.05) is 18.2 Å². The van der Waals surface area contributed by atoms with E-state index in [9.17, 15) is 31.9 Å². The molecule has 3 aromatic rings. The Labute approximate surface area is 214 Å². The lowest BCUT2D eigenvalue weighted by Crippen LogP contribution is -2.35. The van der Waals surface area contributed by atoms with Crippen LogP contribution in [-0.4, -0.2) is 45.8 Å². The molecule has 0 aromatic heterocycles. The van der Waals surface area contributed by atoms with Gasteiger partial charge in [-0.3, -0.25) is 9.69 Å². The third kappa shape index (κ3) is 8.01. The molecule has 1 fully saturated rings. The van der Waals surface area contributed by atoms with Gasteiger partial charge in [-0.15, -0.1) is 0 Å². The van der Waals surface area contributed by atoms with E-state index in [2.05, 4.69) is 0 Å². The lowest BCUT2D eigenvalue weighted by atomic mass is 10.1. The van der Waals surface area contributed by atoms with Crippen molar-refractivity contribution in [3.8, 4) is 16.9 Å². The number of hydrogen-bond acceptors (Lipinski definition) is 4. The highest BCUT2D eigenvalue weighted by atomic mass is 19.4. The van der Waals surface area contributed by atoms with Gasteiger partial charge in [-0.25, -0.2) is 13.6 Å². The number of nitrogens with zero attached hydrogens (tertiary/aromatic N) is 1. The Morgan fingerprint density at radius 2 is 1.61 bits per heavy atom. The predicted molar refractivity (Wildman–Crippen MR) is 127 cm³/mol. The van der Waals surface area contributed by atoms with Crippen LogP contribution >= 0.6 is 0 Å². The van der Waals surface area contributed by atoms with E-state index in [0.717, 1.165) is 30.2 Å². The summed E-state index contributed by atoms with van der Waals surface area (Å²) in [4.78, 5) is 22.3. The summed E-state index contributed by atoms with van der Waals surface area (Å²) in [6, 6.07) is 18.0. The normalized spacial score (nSPS) is 15.4. The first-order valence-electron chi connectivity index (χ1n) is 11.5. The summed E-state index contributed by atoms with van der Waals surface area (Å²) in [6.45, 7) is 1.75. The largest absolute Gasteiger partial charge is 0.490 e. The molecule has 0 spiro atoms. The van der Waals surface area contributed by atoms with Crippen molar-refractivity contribution in [2.75, 3.05) is 6.54 Å². The lowest BCUT2D eigenvalue weighted by molar-refractivity contribution is -0.192. The fourth-order valence-corrected chi connectivity index (χ4v) is 3.97. The molecule has 0 radical (unpaired) electrons. The van der Waals surface area contributed by atoms with Crippen LogP contribution in [0.2, 0.25) is 0 Å². The standard InChI is InChI=1S/C25H23F2NO3.C2HF3O2/c26-20-8-11-22(23(27)14-20)19-6-9-21(10-7-19)31-16-18-4-1-3-17(13-18)15-28-12-2-5-24(28)25(29)30;3-2(4,5)1(6)7/h1,3-4,6-11,13-14,24H,2,5,12,15-16H2,(H,29,30);(H,6,7)/t24-;/m0./s1. The summed E-state index contributed by atoms with van der Waals surface area (Å²) in [5.74, 6) is -4.09. The number of rotatable bonds is 7. The minimum atomic E-state index is -5.08. The van der Waals surface area contributed by atoms with Gasteiger partial charge in [-0.1, -0.05) is 36.4 Å². The van der Waals surface area contributed by atoms with Crippen molar-refractivity contribution < 1.29 is 46.5 Å². The molecule has 0 saturated carbocycles. The molecule has 4 rings (SSSR count). The van der Waals surface area contributed by atoms with Crippen molar-refractivity contribution in [3.63, 3.8) is 0 Å². The van der Waals surface area contributed by atoms with E-state index in [1.54, 1.807) is 24.3 Å². The van der Waals surface area contributed by atoms with E-state index < -0.39 is 35.8 Å². The third-order valence-electron chi connectivity index (χ3n) is 5.77. The van der Waals surface area contributed by atoms with Crippen molar-refractivity contribution in [1.82, 2.24) is 4.90 Å². The molecule has 1 saturated heterocycles. The van der Waals surface area contributed by atoms with Gasteiger partial charge in [0.15, 0.2) is 0 Å². The third-order valence-corrected chi connectivity index (χ3v) is 5.77. The molecule has 1 aliphatic heterocycles. The maximum absolute atomic E-state index is 14.0. The summed E-state index contributed by atoms with van der Waals surface area (Å²) in [6.07, 6.45) is -3.49. The van der Waals surface area contributed by atoms with Crippen LogP contribution in [0.4, 0.5) is 22.0 Å². The van der Waals surface area contributed by atoms with Crippen molar-refractivity contribution in [3.05, 3.63) is 89.5 Å². The van der Waals surface area contributed by atoms with Crippen LogP contribution in [0.5, 0.6) is 5.75 Å². The molecule has 1 aliphatic rings. The molecule has 0 aliphatic carbocycles. The molecule has 2 N–H and O–H groups in total. The number of hydrogen-bond donors (Lipinski definition) is 2. The Morgan fingerprint density at radius 1 is 0.947 bits per heavy atom. The minimum Gasteiger partial charge on any atom is -0.489 e. The van der Waals surface area contributed by atoms with Crippen LogP contribution in [0.3, 0.4) is 0 Å². The van der Waals surface area contributed by atoms with Crippen LogP contribution < -0.4 is 4.74 Å². The van der Waals surface area contributed by atoms with E-state index in [1.165, 1.54) is 12.1 Å². The van der Waals surface area contributed by atoms with Gasteiger partial charge in [-0.05, 0) is 60.3 Å². The van der Waals surface area contributed by atoms with Crippen molar-refractivity contribution in [1.29, 1.82) is 0 Å². The van der Waals surface area contributed by atoms with Gasteiger partial charge in [0.2, 0.25) is 0 Å². The molecule has 11 heteroatoms. The smallest absolute Gasteiger partial charge is 0.489 e. The first-order chi connectivity index (χ1) is 17.9.